The Morgan fingerprint density at radius 1 is 1.50 bits per heavy atom. The summed E-state index contributed by atoms with van der Waals surface area (Å²) in [7, 11) is 1.59. The van der Waals surface area contributed by atoms with Crippen molar-refractivity contribution in [3.8, 4) is 0 Å². The average molecular weight is 267 g/mol. The molecule has 0 aliphatic carbocycles. The van der Waals surface area contributed by atoms with E-state index >= 15 is 0 Å². The van der Waals surface area contributed by atoms with Crippen molar-refractivity contribution < 1.29 is 4.79 Å². The lowest BCUT2D eigenvalue weighted by Gasteiger charge is -2.23. The van der Waals surface area contributed by atoms with E-state index in [1.54, 1.807) is 13.2 Å². The number of thiocarbonyl (C=S) groups is 1. The van der Waals surface area contributed by atoms with Crippen molar-refractivity contribution in [2.24, 2.45) is 5.73 Å². The minimum Gasteiger partial charge on any atom is -0.388 e. The van der Waals surface area contributed by atoms with E-state index in [0.717, 1.165) is 6.42 Å². The fraction of sp³-hybridized carbons (Fsp3) is 0.455. The van der Waals surface area contributed by atoms with Gasteiger partial charge in [-0.25, -0.2) is 9.97 Å². The number of carbonyl (C=O) groups excluding carboxylic acids is 1. The molecular formula is C11H17N5OS. The van der Waals surface area contributed by atoms with Gasteiger partial charge in [0.15, 0.2) is 5.82 Å². The van der Waals surface area contributed by atoms with Gasteiger partial charge in [-0.2, -0.15) is 0 Å². The van der Waals surface area contributed by atoms with Crippen molar-refractivity contribution in [3.63, 3.8) is 0 Å². The van der Waals surface area contributed by atoms with Crippen LogP contribution in [0.1, 0.15) is 19.0 Å². The number of amides is 1. The van der Waals surface area contributed by atoms with Crippen LogP contribution in [0.4, 0.5) is 5.82 Å². The molecule has 0 aliphatic rings. The molecule has 1 rings (SSSR count). The third-order valence-electron chi connectivity index (χ3n) is 2.32. The predicted octanol–water partition coefficient (Wildman–Crippen LogP) is 0.0732. The van der Waals surface area contributed by atoms with Crippen molar-refractivity contribution in [3.05, 3.63) is 18.1 Å². The predicted molar refractivity (Wildman–Crippen MR) is 74.5 cm³/mol. The Morgan fingerprint density at radius 2 is 2.17 bits per heavy atom. The molecule has 18 heavy (non-hydrogen) atoms. The Labute approximate surface area is 112 Å². The lowest BCUT2D eigenvalue weighted by Crippen LogP contribution is -2.38. The van der Waals surface area contributed by atoms with Gasteiger partial charge in [0, 0.05) is 26.0 Å². The van der Waals surface area contributed by atoms with E-state index in [9.17, 15) is 4.79 Å². The molecular weight excluding hydrogens is 250 g/mol. The van der Waals surface area contributed by atoms with Gasteiger partial charge in [0.1, 0.15) is 10.7 Å². The van der Waals surface area contributed by atoms with Crippen LogP contribution in [0.2, 0.25) is 0 Å². The zero-order chi connectivity index (χ0) is 13.5. The Hall–Kier alpha value is -1.76. The van der Waals surface area contributed by atoms with E-state index in [1.807, 2.05) is 11.8 Å². The molecule has 0 saturated carbocycles. The molecule has 0 aromatic carbocycles. The van der Waals surface area contributed by atoms with Crippen LogP contribution >= 0.6 is 12.2 Å². The minimum atomic E-state index is -0.0945. The smallest absolute Gasteiger partial charge is 0.239 e. The van der Waals surface area contributed by atoms with Crippen LogP contribution in [0.25, 0.3) is 0 Å². The van der Waals surface area contributed by atoms with Crippen molar-refractivity contribution in [1.29, 1.82) is 0 Å². The normalized spacial score (nSPS) is 9.89. The molecule has 1 amide bonds. The highest BCUT2D eigenvalue weighted by Crippen LogP contribution is 2.14. The molecule has 6 nitrogen and oxygen atoms in total. The maximum atomic E-state index is 11.5. The van der Waals surface area contributed by atoms with Crippen LogP contribution in [-0.4, -0.2) is 41.0 Å². The molecule has 0 unspecified atom stereocenters. The number of hydrogen-bond acceptors (Lipinski definition) is 5. The van der Waals surface area contributed by atoms with Crippen LogP contribution in [0, 0.1) is 0 Å². The van der Waals surface area contributed by atoms with E-state index in [2.05, 4.69) is 15.3 Å². The molecule has 0 radical (unpaired) electrons. The maximum Gasteiger partial charge on any atom is 0.239 e. The van der Waals surface area contributed by atoms with E-state index in [0.29, 0.717) is 18.1 Å². The highest BCUT2D eigenvalue weighted by atomic mass is 32.1. The second-order valence-electron chi connectivity index (χ2n) is 3.69. The molecule has 1 aromatic heterocycles. The first-order chi connectivity index (χ1) is 8.60. The standard InChI is InChI=1S/C11H17N5OS/c1-3-6-16(7-8(17)13-2)11-9(10(12)18)14-4-5-15-11/h4-5H,3,6-7H2,1-2H3,(H2,12,18)(H,13,17). The number of nitrogens with two attached hydrogens (primary N) is 1. The first-order valence-electron chi connectivity index (χ1n) is 5.66. The minimum absolute atomic E-state index is 0.0945. The second-order valence-corrected chi connectivity index (χ2v) is 4.13. The van der Waals surface area contributed by atoms with Gasteiger partial charge in [0.2, 0.25) is 5.91 Å². The number of nitrogens with one attached hydrogen (secondary N) is 1. The maximum absolute atomic E-state index is 11.5. The molecule has 1 heterocycles. The van der Waals surface area contributed by atoms with Gasteiger partial charge >= 0.3 is 0 Å². The van der Waals surface area contributed by atoms with Gasteiger partial charge < -0.3 is 16.0 Å². The monoisotopic (exact) mass is 267 g/mol. The summed E-state index contributed by atoms with van der Waals surface area (Å²) in [6.45, 7) is 2.91. The molecule has 7 heteroatoms. The quantitative estimate of drug-likeness (QED) is 0.710. The van der Waals surface area contributed by atoms with Gasteiger partial charge in [-0.1, -0.05) is 19.1 Å². The van der Waals surface area contributed by atoms with Crippen LogP contribution in [0.15, 0.2) is 12.4 Å². The fourth-order valence-corrected chi connectivity index (χ4v) is 1.66. The number of anilines is 1. The number of nitrogens with zero attached hydrogens (tertiary/aromatic N) is 3. The van der Waals surface area contributed by atoms with Crippen LogP contribution in [0.5, 0.6) is 0 Å². The number of likely N-dealkylation sites (N-methyl/N-ethyl adjacent to an activating group) is 1. The average Bonchev–Trinajstić information content (AvgIpc) is 2.38. The van der Waals surface area contributed by atoms with Crippen molar-refractivity contribution in [2.45, 2.75) is 13.3 Å². The summed E-state index contributed by atoms with van der Waals surface area (Å²) in [5, 5.41) is 2.58. The molecule has 98 valence electrons. The van der Waals surface area contributed by atoms with Gasteiger partial charge in [0.05, 0.1) is 6.54 Å². The summed E-state index contributed by atoms with van der Waals surface area (Å²) in [4.78, 5) is 21.8. The number of carbonyl (C=O) groups is 1. The number of hydrogen-bond donors (Lipinski definition) is 2. The summed E-state index contributed by atoms with van der Waals surface area (Å²) >= 11 is 4.94. The summed E-state index contributed by atoms with van der Waals surface area (Å²) < 4.78 is 0. The largest absolute Gasteiger partial charge is 0.388 e. The van der Waals surface area contributed by atoms with Gasteiger partial charge in [-0.05, 0) is 6.42 Å². The topological polar surface area (TPSA) is 84.1 Å². The van der Waals surface area contributed by atoms with Gasteiger partial charge in [-0.3, -0.25) is 4.79 Å². The Balaban J connectivity index is 3.04. The lowest BCUT2D eigenvalue weighted by atomic mass is 10.3. The third-order valence-corrected chi connectivity index (χ3v) is 2.51. The highest BCUT2D eigenvalue weighted by Gasteiger charge is 2.17. The second kappa shape index (κ2) is 6.85. The van der Waals surface area contributed by atoms with E-state index in [1.165, 1.54) is 6.20 Å². The first-order valence-corrected chi connectivity index (χ1v) is 6.07. The highest BCUT2D eigenvalue weighted by molar-refractivity contribution is 7.80. The van der Waals surface area contributed by atoms with E-state index in [-0.39, 0.29) is 17.4 Å². The van der Waals surface area contributed by atoms with E-state index in [4.69, 9.17) is 18.0 Å². The molecule has 0 fully saturated rings. The van der Waals surface area contributed by atoms with Crippen molar-refractivity contribution in [1.82, 2.24) is 15.3 Å². The fourth-order valence-electron chi connectivity index (χ4n) is 1.52. The summed E-state index contributed by atoms with van der Waals surface area (Å²) in [6.07, 6.45) is 3.97. The van der Waals surface area contributed by atoms with Crippen molar-refractivity contribution >= 4 is 28.9 Å². The number of rotatable bonds is 6. The van der Waals surface area contributed by atoms with Crippen LogP contribution < -0.4 is 16.0 Å². The Morgan fingerprint density at radius 3 is 2.72 bits per heavy atom. The molecule has 0 bridgehead atoms. The van der Waals surface area contributed by atoms with E-state index < -0.39 is 0 Å². The SMILES string of the molecule is CCCN(CC(=O)NC)c1nccnc1C(N)=S. The molecule has 1 aromatic rings. The number of aromatic nitrogens is 2. The molecule has 0 saturated heterocycles. The molecule has 3 N–H and O–H groups in total. The molecule has 0 atom stereocenters. The Bertz CT molecular complexity index is 437. The zero-order valence-corrected chi connectivity index (χ0v) is 11.3. The molecule has 0 spiro atoms. The van der Waals surface area contributed by atoms with Gasteiger partial charge in [0.25, 0.3) is 0 Å². The molecule has 0 aliphatic heterocycles. The van der Waals surface area contributed by atoms with Crippen LogP contribution in [-0.2, 0) is 4.79 Å². The first kappa shape index (κ1) is 14.3. The van der Waals surface area contributed by atoms with Crippen molar-refractivity contribution in [2.75, 3.05) is 25.0 Å². The summed E-state index contributed by atoms with van der Waals surface area (Å²) in [6, 6.07) is 0. The van der Waals surface area contributed by atoms with Crippen LogP contribution in [0.3, 0.4) is 0 Å². The van der Waals surface area contributed by atoms with Gasteiger partial charge in [-0.15, -0.1) is 0 Å². The summed E-state index contributed by atoms with van der Waals surface area (Å²) in [5.74, 6) is 0.457. The Kier molecular flexibility index (Phi) is 5.44. The zero-order valence-electron chi connectivity index (χ0n) is 10.5. The lowest BCUT2D eigenvalue weighted by molar-refractivity contribution is -0.119. The third kappa shape index (κ3) is 3.63. The summed E-state index contributed by atoms with van der Waals surface area (Å²) in [5.41, 5.74) is 6.06.